The lowest BCUT2D eigenvalue weighted by Crippen LogP contribution is -2.41. The maximum Gasteiger partial charge on any atom is 0.307 e. The van der Waals surface area contributed by atoms with Gasteiger partial charge in [-0.1, -0.05) is 5.21 Å². The molecule has 1 aliphatic heterocycles. The Morgan fingerprint density at radius 3 is 2.48 bits per heavy atom. The zero-order chi connectivity index (χ0) is 19.4. The van der Waals surface area contributed by atoms with Gasteiger partial charge >= 0.3 is 5.97 Å². The fourth-order valence-electron chi connectivity index (χ4n) is 4.08. The van der Waals surface area contributed by atoms with E-state index in [0.29, 0.717) is 18.7 Å². The highest BCUT2D eigenvalue weighted by Gasteiger charge is 2.32. The molecule has 0 radical (unpaired) electrons. The second kappa shape index (κ2) is 11.7. The molecule has 1 aliphatic carbocycles. The number of carbonyl (C=O) groups is 2. The number of ether oxygens (including phenoxy) is 1. The fourth-order valence-corrected chi connectivity index (χ4v) is 4.08. The summed E-state index contributed by atoms with van der Waals surface area (Å²) in [5, 5.41) is 11.1. The van der Waals surface area contributed by atoms with E-state index < -0.39 is 0 Å². The number of nitrogens with one attached hydrogen (secondary N) is 1. The lowest BCUT2D eigenvalue weighted by atomic mass is 9.92. The average Bonchev–Trinajstić information content (AvgIpc) is 3.29. The summed E-state index contributed by atoms with van der Waals surface area (Å²) in [6.07, 6.45) is 7.88. The molecule has 1 amide bonds. The molecule has 0 aromatic carbocycles. The first-order valence-corrected chi connectivity index (χ1v) is 9.72. The molecule has 1 aromatic heterocycles. The number of likely N-dealkylation sites (tertiary alicyclic amines) is 1. The van der Waals surface area contributed by atoms with E-state index in [1.807, 2.05) is 7.05 Å². The van der Waals surface area contributed by atoms with E-state index in [-0.39, 0.29) is 60.9 Å². The number of carbonyl (C=O) groups excluding carboxylic acids is 2. The minimum absolute atomic E-state index is 0. The molecule has 0 spiro atoms. The van der Waals surface area contributed by atoms with Gasteiger partial charge in [-0.2, -0.15) is 0 Å². The highest BCUT2D eigenvalue weighted by molar-refractivity contribution is 5.91. The largest absolute Gasteiger partial charge is 0.469 e. The highest BCUT2D eigenvalue weighted by atomic mass is 35.5. The first kappa shape index (κ1) is 25.6. The highest BCUT2D eigenvalue weighted by Crippen LogP contribution is 2.27. The molecule has 3 N–H and O–H groups in total. The Morgan fingerprint density at radius 1 is 1.17 bits per heavy atom. The minimum Gasteiger partial charge on any atom is -0.469 e. The summed E-state index contributed by atoms with van der Waals surface area (Å²) in [6, 6.07) is 0.925. The first-order valence-electron chi connectivity index (χ1n) is 9.72. The number of nitrogens with two attached hydrogens (primary N) is 1. The summed E-state index contributed by atoms with van der Waals surface area (Å²) in [6.45, 7) is 0.526. The first-order chi connectivity index (χ1) is 13.0. The van der Waals surface area contributed by atoms with Gasteiger partial charge in [0.25, 0.3) is 5.91 Å². The number of hydrogen-bond donors (Lipinski definition) is 2. The van der Waals surface area contributed by atoms with Crippen LogP contribution in [0.15, 0.2) is 6.20 Å². The van der Waals surface area contributed by atoms with E-state index in [0.717, 1.165) is 38.5 Å². The smallest absolute Gasteiger partial charge is 0.307 e. The van der Waals surface area contributed by atoms with E-state index in [9.17, 15) is 9.59 Å². The number of likely N-dealkylation sites (N-methyl/N-ethyl adjacent to an activating group) is 1. The van der Waals surface area contributed by atoms with Gasteiger partial charge in [0.05, 0.1) is 25.8 Å². The number of nitrogens with zero attached hydrogens (tertiary/aromatic N) is 4. The van der Waals surface area contributed by atoms with Crippen LogP contribution in [0.25, 0.3) is 0 Å². The minimum atomic E-state index is -0.210. The van der Waals surface area contributed by atoms with Crippen LogP contribution in [0.5, 0.6) is 0 Å². The van der Waals surface area contributed by atoms with Crippen molar-refractivity contribution in [1.29, 1.82) is 0 Å². The Labute approximate surface area is 183 Å². The second-order valence-electron chi connectivity index (χ2n) is 7.69. The van der Waals surface area contributed by atoms with Crippen molar-refractivity contribution >= 4 is 36.7 Å². The predicted molar refractivity (Wildman–Crippen MR) is 114 cm³/mol. The normalized spacial score (nSPS) is 26.9. The molecule has 2 fully saturated rings. The number of esters is 1. The Bertz CT molecular complexity index is 666. The van der Waals surface area contributed by atoms with Gasteiger partial charge in [-0.15, -0.1) is 29.9 Å². The van der Waals surface area contributed by atoms with E-state index in [1.54, 1.807) is 10.9 Å². The van der Waals surface area contributed by atoms with Crippen LogP contribution in [0.4, 0.5) is 0 Å². The van der Waals surface area contributed by atoms with Gasteiger partial charge in [0.15, 0.2) is 5.69 Å². The molecule has 29 heavy (non-hydrogen) atoms. The molecule has 2 heterocycles. The summed E-state index contributed by atoms with van der Waals surface area (Å²) in [7, 11) is 3.39. The van der Waals surface area contributed by atoms with Crippen LogP contribution in [0.2, 0.25) is 0 Å². The van der Waals surface area contributed by atoms with E-state index in [2.05, 4.69) is 20.5 Å². The van der Waals surface area contributed by atoms with Gasteiger partial charge < -0.3 is 15.8 Å². The van der Waals surface area contributed by atoms with Crippen LogP contribution in [0.3, 0.4) is 0 Å². The quantitative estimate of drug-likeness (QED) is 0.627. The zero-order valence-corrected chi connectivity index (χ0v) is 18.6. The van der Waals surface area contributed by atoms with Crippen molar-refractivity contribution in [3.63, 3.8) is 0 Å². The van der Waals surface area contributed by atoms with Crippen LogP contribution >= 0.6 is 24.8 Å². The maximum atomic E-state index is 12.4. The number of methoxy groups -OCH3 is 1. The maximum absolute atomic E-state index is 12.4. The van der Waals surface area contributed by atoms with Crippen molar-refractivity contribution in [2.75, 3.05) is 20.7 Å². The van der Waals surface area contributed by atoms with E-state index in [4.69, 9.17) is 10.5 Å². The van der Waals surface area contributed by atoms with E-state index >= 15 is 0 Å². The van der Waals surface area contributed by atoms with Crippen LogP contribution in [0, 0.1) is 0 Å². The number of aromatic nitrogens is 3. The molecule has 3 rings (SSSR count). The SMILES string of the molecule is COC(=O)C[C@H]1CC[C@@H](CNC(=O)c2cn(C3CCC(N)CC3)nn2)N1C.Cl.Cl. The standard InChI is InChI=1S/C18H30N6O3.2ClH/c1-23-14(9-17(25)27-2)7-8-15(23)10-20-18(26)16-11-24(22-21-16)13-5-3-12(19)4-6-13;;/h11-15H,3-10,19H2,1-2H3,(H,20,26);2*1H/t12?,13?,14-,15+;;/m1../s1. The van der Waals surface area contributed by atoms with Crippen molar-refractivity contribution in [1.82, 2.24) is 25.2 Å². The third kappa shape index (κ3) is 6.53. The van der Waals surface area contributed by atoms with Crippen LogP contribution < -0.4 is 11.1 Å². The van der Waals surface area contributed by atoms with Crippen molar-refractivity contribution < 1.29 is 14.3 Å². The molecule has 2 aliphatic rings. The molecular formula is C18H32Cl2N6O3. The monoisotopic (exact) mass is 450 g/mol. The van der Waals surface area contributed by atoms with Crippen molar-refractivity contribution in [3.8, 4) is 0 Å². The van der Waals surface area contributed by atoms with Crippen LogP contribution in [-0.4, -0.2) is 70.6 Å². The van der Waals surface area contributed by atoms with E-state index in [1.165, 1.54) is 7.11 Å². The third-order valence-corrected chi connectivity index (χ3v) is 5.97. The van der Waals surface area contributed by atoms with Gasteiger partial charge in [0.2, 0.25) is 0 Å². The van der Waals surface area contributed by atoms with Gasteiger partial charge in [-0.25, -0.2) is 4.68 Å². The number of amides is 1. The van der Waals surface area contributed by atoms with Crippen molar-refractivity contribution in [2.45, 2.75) is 69.1 Å². The summed E-state index contributed by atoms with van der Waals surface area (Å²) < 4.78 is 6.55. The molecular weight excluding hydrogens is 419 g/mol. The van der Waals surface area contributed by atoms with Gasteiger partial charge in [-0.05, 0) is 45.6 Å². The Morgan fingerprint density at radius 2 is 1.83 bits per heavy atom. The van der Waals surface area contributed by atoms with Crippen molar-refractivity contribution in [2.24, 2.45) is 5.73 Å². The molecule has 1 aromatic rings. The molecule has 9 nitrogen and oxygen atoms in total. The summed E-state index contributed by atoms with van der Waals surface area (Å²) in [5.41, 5.74) is 6.29. The second-order valence-corrected chi connectivity index (χ2v) is 7.69. The molecule has 2 atom stereocenters. The Kier molecular flexibility index (Phi) is 10.3. The summed E-state index contributed by atoms with van der Waals surface area (Å²) in [5.74, 6) is -0.407. The molecule has 1 saturated heterocycles. The van der Waals surface area contributed by atoms with Gasteiger partial charge in [-0.3, -0.25) is 14.5 Å². The Hall–Kier alpha value is -1.42. The number of hydrogen-bond acceptors (Lipinski definition) is 7. The molecule has 11 heteroatoms. The lowest BCUT2D eigenvalue weighted by Gasteiger charge is -2.25. The zero-order valence-electron chi connectivity index (χ0n) is 17.0. The number of rotatable bonds is 6. The van der Waals surface area contributed by atoms with Gasteiger partial charge in [0, 0.05) is 24.7 Å². The Balaban J connectivity index is 0.00000210. The fraction of sp³-hybridized carbons (Fsp3) is 0.778. The molecule has 1 saturated carbocycles. The molecule has 0 bridgehead atoms. The number of halogens is 2. The molecule has 0 unspecified atom stereocenters. The third-order valence-electron chi connectivity index (χ3n) is 5.97. The predicted octanol–water partition coefficient (Wildman–Crippen LogP) is 1.32. The topological polar surface area (TPSA) is 115 Å². The van der Waals surface area contributed by atoms with Crippen molar-refractivity contribution in [3.05, 3.63) is 11.9 Å². The summed E-state index contributed by atoms with van der Waals surface area (Å²) in [4.78, 5) is 26.1. The molecule has 166 valence electrons. The van der Waals surface area contributed by atoms with Crippen LogP contribution in [-0.2, 0) is 9.53 Å². The van der Waals surface area contributed by atoms with Crippen LogP contribution in [0.1, 0.15) is 61.5 Å². The average molecular weight is 451 g/mol. The lowest BCUT2D eigenvalue weighted by molar-refractivity contribution is -0.141. The summed E-state index contributed by atoms with van der Waals surface area (Å²) >= 11 is 0. The van der Waals surface area contributed by atoms with Gasteiger partial charge in [0.1, 0.15) is 0 Å².